The second-order valence-electron chi connectivity index (χ2n) is 8.36. The molecule has 1 aliphatic carbocycles. The number of aliphatic hydroxyl groups excluding tert-OH is 2. The molecule has 4 nitrogen and oxygen atoms in total. The van der Waals surface area contributed by atoms with Gasteiger partial charge in [0.15, 0.2) is 0 Å². The summed E-state index contributed by atoms with van der Waals surface area (Å²) in [6, 6.07) is 0. The van der Waals surface area contributed by atoms with E-state index < -0.39 is 11.7 Å². The van der Waals surface area contributed by atoms with Crippen LogP contribution in [0.3, 0.4) is 0 Å². The molecule has 0 amide bonds. The molecule has 26 heavy (non-hydrogen) atoms. The van der Waals surface area contributed by atoms with Gasteiger partial charge in [0, 0.05) is 18.4 Å². The van der Waals surface area contributed by atoms with Crippen molar-refractivity contribution < 1.29 is 20.1 Å². The second-order valence-corrected chi connectivity index (χ2v) is 8.36. The predicted molar refractivity (Wildman–Crippen MR) is 105 cm³/mol. The van der Waals surface area contributed by atoms with Crippen molar-refractivity contribution in [1.29, 1.82) is 0 Å². The summed E-state index contributed by atoms with van der Waals surface area (Å²) in [6.07, 6.45) is 9.46. The summed E-state index contributed by atoms with van der Waals surface area (Å²) in [5.41, 5.74) is 0.952. The van der Waals surface area contributed by atoms with Crippen LogP contribution in [0.5, 0.6) is 0 Å². The highest BCUT2D eigenvalue weighted by Gasteiger charge is 2.38. The van der Waals surface area contributed by atoms with E-state index in [4.69, 9.17) is 4.74 Å². The minimum absolute atomic E-state index is 0.0110. The summed E-state index contributed by atoms with van der Waals surface area (Å²) < 4.78 is 5.91. The fraction of sp³-hybridized carbons (Fsp3) is 0.727. The van der Waals surface area contributed by atoms with Crippen molar-refractivity contribution in [2.75, 3.05) is 6.61 Å². The van der Waals surface area contributed by atoms with Gasteiger partial charge in [-0.1, -0.05) is 32.1 Å². The molecule has 2 aliphatic rings. The van der Waals surface area contributed by atoms with Crippen LogP contribution < -0.4 is 0 Å². The van der Waals surface area contributed by atoms with E-state index in [0.717, 1.165) is 30.4 Å². The van der Waals surface area contributed by atoms with E-state index in [1.165, 1.54) is 0 Å². The van der Waals surface area contributed by atoms with Crippen LogP contribution in [0, 0.1) is 17.8 Å². The third-order valence-corrected chi connectivity index (χ3v) is 6.00. The normalized spacial score (nSPS) is 38.4. The standard InChI is InChI=1S/C22H36O4/c1-14(17(4)23)12-19-8-9-20-7-6-10-26-21(18(5)24)15(2)11-16(3)22(20,25)13-19/h8-9,11,13-15,17-18,20-21,23-25H,6-7,10,12H2,1-5H3/b16-11+/t14-,15?,17?,18?,20?,21?,22?/m0/s1. The molecule has 0 radical (unpaired) electrons. The molecule has 148 valence electrons. The van der Waals surface area contributed by atoms with Crippen LogP contribution in [-0.4, -0.2) is 45.8 Å². The van der Waals surface area contributed by atoms with Gasteiger partial charge in [-0.2, -0.15) is 0 Å². The summed E-state index contributed by atoms with van der Waals surface area (Å²) in [5, 5.41) is 31.4. The zero-order valence-electron chi connectivity index (χ0n) is 16.9. The number of ether oxygens (including phenoxy) is 1. The molecule has 0 saturated heterocycles. The maximum atomic E-state index is 11.6. The lowest BCUT2D eigenvalue weighted by Gasteiger charge is -2.39. The third-order valence-electron chi connectivity index (χ3n) is 6.00. The molecule has 0 fully saturated rings. The Bertz CT molecular complexity index is 560. The first kappa shape index (κ1) is 21.4. The second kappa shape index (κ2) is 8.83. The molecule has 6 unspecified atom stereocenters. The maximum absolute atomic E-state index is 11.6. The lowest BCUT2D eigenvalue weighted by atomic mass is 9.72. The van der Waals surface area contributed by atoms with Crippen molar-refractivity contribution in [2.45, 2.75) is 77.8 Å². The fourth-order valence-corrected chi connectivity index (χ4v) is 4.09. The Balaban J connectivity index is 2.34. The van der Waals surface area contributed by atoms with Crippen molar-refractivity contribution >= 4 is 0 Å². The zero-order valence-corrected chi connectivity index (χ0v) is 16.9. The molecule has 0 saturated carbocycles. The summed E-state index contributed by atoms with van der Waals surface area (Å²) in [7, 11) is 0. The van der Waals surface area contributed by atoms with Gasteiger partial charge in [-0.25, -0.2) is 0 Å². The van der Waals surface area contributed by atoms with Crippen molar-refractivity contribution in [3.05, 3.63) is 35.5 Å². The molecule has 2 rings (SSSR count). The lowest BCUT2D eigenvalue weighted by molar-refractivity contribution is -0.0531. The number of hydrogen-bond donors (Lipinski definition) is 3. The van der Waals surface area contributed by atoms with E-state index in [1.54, 1.807) is 6.92 Å². The third kappa shape index (κ3) is 4.86. The van der Waals surface area contributed by atoms with Gasteiger partial charge in [0.05, 0.1) is 18.3 Å². The minimum atomic E-state index is -1.02. The molecule has 0 bridgehead atoms. The van der Waals surface area contributed by atoms with Crippen molar-refractivity contribution in [1.82, 2.24) is 0 Å². The van der Waals surface area contributed by atoms with Crippen LogP contribution in [0.4, 0.5) is 0 Å². The van der Waals surface area contributed by atoms with Gasteiger partial charge in [0.25, 0.3) is 0 Å². The van der Waals surface area contributed by atoms with Crippen molar-refractivity contribution in [2.24, 2.45) is 17.8 Å². The zero-order chi connectivity index (χ0) is 19.5. The molecule has 7 atom stereocenters. The Morgan fingerprint density at radius 2 is 1.96 bits per heavy atom. The van der Waals surface area contributed by atoms with Gasteiger partial charge in [-0.05, 0) is 63.2 Å². The smallest absolute Gasteiger partial charge is 0.110 e. The monoisotopic (exact) mass is 364 g/mol. The van der Waals surface area contributed by atoms with Crippen LogP contribution in [-0.2, 0) is 4.74 Å². The number of aliphatic hydroxyl groups is 3. The Hall–Kier alpha value is -0.940. The van der Waals surface area contributed by atoms with Gasteiger partial charge < -0.3 is 20.1 Å². The summed E-state index contributed by atoms with van der Waals surface area (Å²) in [6.45, 7) is 10.2. The van der Waals surface area contributed by atoms with Crippen LogP contribution >= 0.6 is 0 Å². The first-order valence-electron chi connectivity index (χ1n) is 9.94. The molecule has 0 aromatic heterocycles. The number of hydrogen-bond acceptors (Lipinski definition) is 4. The minimum Gasteiger partial charge on any atom is -0.393 e. The van der Waals surface area contributed by atoms with Crippen LogP contribution in [0.15, 0.2) is 35.5 Å². The lowest BCUT2D eigenvalue weighted by Crippen LogP contribution is -2.41. The molecule has 0 aromatic rings. The Morgan fingerprint density at radius 3 is 2.58 bits per heavy atom. The number of allylic oxidation sites excluding steroid dienone is 2. The van der Waals surface area contributed by atoms with E-state index in [1.807, 2.05) is 39.8 Å². The van der Waals surface area contributed by atoms with Crippen LogP contribution in [0.1, 0.15) is 53.9 Å². The highest BCUT2D eigenvalue weighted by atomic mass is 16.5. The van der Waals surface area contributed by atoms with Crippen molar-refractivity contribution in [3.63, 3.8) is 0 Å². The molecule has 1 aliphatic heterocycles. The van der Waals surface area contributed by atoms with E-state index in [0.29, 0.717) is 6.61 Å². The SMILES string of the molecule is C/C1=C\C(C)C(C(C)O)OCCCC2C=CC(C[C@H](C)C(C)O)=CC12O. The van der Waals surface area contributed by atoms with E-state index in [2.05, 4.69) is 12.2 Å². The highest BCUT2D eigenvalue weighted by molar-refractivity contribution is 5.38. The van der Waals surface area contributed by atoms with Gasteiger partial charge in [0.1, 0.15) is 5.60 Å². The Kier molecular flexibility index (Phi) is 7.26. The summed E-state index contributed by atoms with van der Waals surface area (Å²) in [5.74, 6) is 0.169. The molecule has 0 aromatic carbocycles. The molecular weight excluding hydrogens is 328 g/mol. The van der Waals surface area contributed by atoms with Gasteiger partial charge >= 0.3 is 0 Å². The van der Waals surface area contributed by atoms with E-state index in [-0.39, 0.29) is 30.0 Å². The topological polar surface area (TPSA) is 69.9 Å². The number of fused-ring (bicyclic) bond motifs is 1. The average molecular weight is 365 g/mol. The van der Waals surface area contributed by atoms with E-state index >= 15 is 0 Å². The van der Waals surface area contributed by atoms with Crippen LogP contribution in [0.25, 0.3) is 0 Å². The molecule has 3 N–H and O–H groups in total. The quantitative estimate of drug-likeness (QED) is 0.669. The molecule has 0 spiro atoms. The predicted octanol–water partition coefficient (Wildman–Crippen LogP) is 3.38. The largest absolute Gasteiger partial charge is 0.393 e. The number of rotatable bonds is 4. The Labute approximate surface area is 158 Å². The fourth-order valence-electron chi connectivity index (χ4n) is 4.09. The average Bonchev–Trinajstić information content (AvgIpc) is 2.55. The summed E-state index contributed by atoms with van der Waals surface area (Å²) in [4.78, 5) is 0. The van der Waals surface area contributed by atoms with Gasteiger partial charge in [0.2, 0.25) is 0 Å². The maximum Gasteiger partial charge on any atom is 0.110 e. The van der Waals surface area contributed by atoms with E-state index in [9.17, 15) is 15.3 Å². The van der Waals surface area contributed by atoms with Crippen LogP contribution in [0.2, 0.25) is 0 Å². The Morgan fingerprint density at radius 1 is 1.27 bits per heavy atom. The van der Waals surface area contributed by atoms with Gasteiger partial charge in [-0.15, -0.1) is 0 Å². The summed E-state index contributed by atoms with van der Waals surface area (Å²) >= 11 is 0. The van der Waals surface area contributed by atoms with Gasteiger partial charge in [-0.3, -0.25) is 0 Å². The molecule has 4 heteroatoms. The highest BCUT2D eigenvalue weighted by Crippen LogP contribution is 2.39. The van der Waals surface area contributed by atoms with Crippen molar-refractivity contribution in [3.8, 4) is 0 Å². The first-order chi connectivity index (χ1) is 12.1. The molecule has 1 heterocycles. The first-order valence-corrected chi connectivity index (χ1v) is 9.94. The molecular formula is C22H36O4.